The molecule has 0 heterocycles. The van der Waals surface area contributed by atoms with E-state index >= 15 is 0 Å². The molecule has 3 nitrogen and oxygen atoms in total. The molecule has 1 rings (SSSR count). The van der Waals surface area contributed by atoms with E-state index in [1.54, 1.807) is 0 Å². The molecule has 0 aromatic heterocycles. The Hall–Kier alpha value is -0.890. The smallest absolute Gasteiger partial charge is 0.324 e. The van der Waals surface area contributed by atoms with Crippen LogP contribution >= 0.6 is 7.60 Å². The van der Waals surface area contributed by atoms with Gasteiger partial charge in [-0.1, -0.05) is 107 Å². The molecule has 1 aromatic carbocycles. The molecule has 0 amide bonds. The van der Waals surface area contributed by atoms with E-state index in [1.807, 2.05) is 30.3 Å². The first-order valence-electron chi connectivity index (χ1n) is 11.8. The molecule has 29 heavy (non-hydrogen) atoms. The molecule has 0 saturated carbocycles. The number of rotatable bonds is 19. The minimum Gasteiger partial charge on any atom is -0.324 e. The lowest BCUT2D eigenvalue weighted by Gasteiger charge is -2.12. The van der Waals surface area contributed by atoms with Gasteiger partial charge in [0, 0.05) is 0 Å². The largest absolute Gasteiger partial charge is 0.332 e. The topological polar surface area (TPSA) is 46.5 Å². The van der Waals surface area contributed by atoms with Crippen LogP contribution in [0.2, 0.25) is 0 Å². The summed E-state index contributed by atoms with van der Waals surface area (Å²) in [7, 11) is -3.51. The van der Waals surface area contributed by atoms with E-state index in [1.165, 1.54) is 77.0 Å². The molecule has 0 bridgehead atoms. The summed E-state index contributed by atoms with van der Waals surface area (Å²) in [6.45, 7) is 2.64. The molecular formula is C25H43O3P. The molecule has 1 aromatic rings. The lowest BCUT2D eigenvalue weighted by atomic mass is 10.1. The molecule has 0 aliphatic rings. The van der Waals surface area contributed by atoms with E-state index < -0.39 is 7.60 Å². The predicted molar refractivity (Wildman–Crippen MR) is 125 cm³/mol. The van der Waals surface area contributed by atoms with Crippen LogP contribution in [0.5, 0.6) is 0 Å². The minimum absolute atomic E-state index is 0.0974. The number of allylic oxidation sites excluding steroid dienone is 2. The first kappa shape index (κ1) is 26.1. The van der Waals surface area contributed by atoms with Gasteiger partial charge in [0.05, 0.1) is 12.8 Å². The molecule has 4 heteroatoms. The fraction of sp³-hybridized carbons (Fsp3) is 0.680. The van der Waals surface area contributed by atoms with Gasteiger partial charge in [0.1, 0.15) is 0 Å². The van der Waals surface area contributed by atoms with Gasteiger partial charge in [-0.3, -0.25) is 4.57 Å². The quantitative estimate of drug-likeness (QED) is 0.138. The van der Waals surface area contributed by atoms with Crippen LogP contribution in [0.4, 0.5) is 0 Å². The van der Waals surface area contributed by atoms with Crippen LogP contribution in [0.3, 0.4) is 0 Å². The maximum atomic E-state index is 12.1. The van der Waals surface area contributed by atoms with Crippen molar-refractivity contribution >= 4 is 7.60 Å². The second-order valence-electron chi connectivity index (χ2n) is 8.05. The molecule has 1 unspecified atom stereocenters. The van der Waals surface area contributed by atoms with Crippen molar-refractivity contribution in [2.75, 3.05) is 6.61 Å². The van der Waals surface area contributed by atoms with Gasteiger partial charge in [-0.15, -0.1) is 0 Å². The number of unbranched alkanes of at least 4 members (excludes halogenated alkanes) is 12. The fourth-order valence-corrected chi connectivity index (χ4v) is 4.59. The van der Waals surface area contributed by atoms with Crippen LogP contribution in [-0.4, -0.2) is 11.5 Å². The zero-order valence-corrected chi connectivity index (χ0v) is 19.5. The van der Waals surface area contributed by atoms with Crippen molar-refractivity contribution in [1.82, 2.24) is 0 Å². The Kier molecular flexibility index (Phi) is 16.2. The summed E-state index contributed by atoms with van der Waals surface area (Å²) >= 11 is 0. The van der Waals surface area contributed by atoms with Crippen molar-refractivity contribution in [2.24, 2.45) is 0 Å². The van der Waals surface area contributed by atoms with Gasteiger partial charge in [-0.05, 0) is 37.7 Å². The molecule has 0 aliphatic heterocycles. The molecular weight excluding hydrogens is 379 g/mol. The van der Waals surface area contributed by atoms with E-state index in [0.717, 1.165) is 18.4 Å². The molecule has 0 spiro atoms. The summed E-state index contributed by atoms with van der Waals surface area (Å²) in [6, 6.07) is 9.37. The highest BCUT2D eigenvalue weighted by molar-refractivity contribution is 7.51. The zero-order valence-electron chi connectivity index (χ0n) is 18.6. The van der Waals surface area contributed by atoms with E-state index in [9.17, 15) is 9.46 Å². The van der Waals surface area contributed by atoms with Gasteiger partial charge >= 0.3 is 7.60 Å². The van der Waals surface area contributed by atoms with Gasteiger partial charge in [-0.2, -0.15) is 0 Å². The molecule has 0 radical (unpaired) electrons. The highest BCUT2D eigenvalue weighted by Crippen LogP contribution is 2.45. The Labute approximate surface area is 179 Å². The normalized spacial score (nSPS) is 13.7. The van der Waals surface area contributed by atoms with Crippen LogP contribution in [0.1, 0.15) is 102 Å². The highest BCUT2D eigenvalue weighted by atomic mass is 31.2. The monoisotopic (exact) mass is 422 g/mol. The Morgan fingerprint density at radius 1 is 0.793 bits per heavy atom. The highest BCUT2D eigenvalue weighted by Gasteiger charge is 2.19. The standard InChI is InChI=1S/C25H43O3P/c1-2-3-4-5-6-7-8-9-10-11-12-13-14-15-16-20-23-28-29(26,27)24-25-21-18-17-19-22-25/h9-10,17-19,21-22H,2-8,11-16,20,23-24H2,1H3,(H,26,27)/b10-9-. The lowest BCUT2D eigenvalue weighted by molar-refractivity contribution is 0.251. The second-order valence-corrected chi connectivity index (χ2v) is 9.90. The average Bonchev–Trinajstić information content (AvgIpc) is 2.70. The SMILES string of the molecule is CCCCCCCC/C=C\CCCCCCCCOP(=O)(O)Cc1ccccc1. The molecule has 0 saturated heterocycles. The second kappa shape index (κ2) is 17.9. The summed E-state index contributed by atoms with van der Waals surface area (Å²) in [4.78, 5) is 9.92. The van der Waals surface area contributed by atoms with Crippen molar-refractivity contribution in [2.45, 2.75) is 103 Å². The van der Waals surface area contributed by atoms with Crippen molar-refractivity contribution in [3.63, 3.8) is 0 Å². The van der Waals surface area contributed by atoms with Crippen molar-refractivity contribution in [1.29, 1.82) is 0 Å². The minimum atomic E-state index is -3.51. The molecule has 0 aliphatic carbocycles. The van der Waals surface area contributed by atoms with E-state index in [0.29, 0.717) is 6.61 Å². The maximum Gasteiger partial charge on any atom is 0.332 e. The van der Waals surface area contributed by atoms with Crippen molar-refractivity contribution in [3.05, 3.63) is 48.0 Å². The predicted octanol–water partition coefficient (Wildman–Crippen LogP) is 8.43. The number of benzene rings is 1. The van der Waals surface area contributed by atoms with Gasteiger partial charge < -0.3 is 9.42 Å². The Bertz CT molecular complexity index is 556. The summed E-state index contributed by atoms with van der Waals surface area (Å²) in [5.74, 6) is 0. The van der Waals surface area contributed by atoms with E-state index in [-0.39, 0.29) is 6.16 Å². The molecule has 1 atom stereocenters. The van der Waals surface area contributed by atoms with Crippen LogP contribution in [0, 0.1) is 0 Å². The summed E-state index contributed by atoms with van der Waals surface area (Å²) in [5.41, 5.74) is 0.847. The van der Waals surface area contributed by atoms with Gasteiger partial charge in [0.15, 0.2) is 0 Å². The summed E-state index contributed by atoms with van der Waals surface area (Å²) in [6.07, 6.45) is 22.4. The van der Waals surface area contributed by atoms with E-state index in [4.69, 9.17) is 4.52 Å². The molecule has 166 valence electrons. The Morgan fingerprint density at radius 2 is 1.31 bits per heavy atom. The lowest BCUT2D eigenvalue weighted by Crippen LogP contribution is -1.96. The third kappa shape index (κ3) is 16.6. The van der Waals surface area contributed by atoms with Gasteiger partial charge in [-0.25, -0.2) is 0 Å². The molecule has 0 fully saturated rings. The molecule has 1 N–H and O–H groups in total. The Morgan fingerprint density at radius 3 is 1.90 bits per heavy atom. The number of hydrogen-bond acceptors (Lipinski definition) is 2. The van der Waals surface area contributed by atoms with Crippen molar-refractivity contribution < 1.29 is 14.0 Å². The first-order valence-corrected chi connectivity index (χ1v) is 13.6. The zero-order chi connectivity index (χ0) is 21.0. The summed E-state index contributed by atoms with van der Waals surface area (Å²) < 4.78 is 17.3. The average molecular weight is 423 g/mol. The summed E-state index contributed by atoms with van der Waals surface area (Å²) in [5, 5.41) is 0. The van der Waals surface area contributed by atoms with Crippen molar-refractivity contribution in [3.8, 4) is 0 Å². The van der Waals surface area contributed by atoms with Crippen LogP contribution < -0.4 is 0 Å². The number of hydrogen-bond donors (Lipinski definition) is 1. The van der Waals surface area contributed by atoms with E-state index in [2.05, 4.69) is 19.1 Å². The van der Waals surface area contributed by atoms with Gasteiger partial charge in [0.2, 0.25) is 0 Å². The first-order chi connectivity index (χ1) is 14.1. The van der Waals surface area contributed by atoms with Crippen LogP contribution in [0.15, 0.2) is 42.5 Å². The van der Waals surface area contributed by atoms with Crippen LogP contribution in [-0.2, 0) is 15.3 Å². The fourth-order valence-electron chi connectivity index (χ4n) is 3.42. The Balaban J connectivity index is 1.86. The third-order valence-corrected chi connectivity index (χ3v) is 6.53. The maximum absolute atomic E-state index is 12.1. The van der Waals surface area contributed by atoms with Gasteiger partial charge in [0.25, 0.3) is 0 Å². The van der Waals surface area contributed by atoms with Crippen LogP contribution in [0.25, 0.3) is 0 Å². The third-order valence-electron chi connectivity index (χ3n) is 5.17.